The van der Waals surface area contributed by atoms with Crippen molar-refractivity contribution in [3.63, 3.8) is 0 Å². The quantitative estimate of drug-likeness (QED) is 0.748. The van der Waals surface area contributed by atoms with Crippen LogP contribution in [0.2, 0.25) is 0 Å². The maximum atomic E-state index is 13.5. The van der Waals surface area contributed by atoms with Gasteiger partial charge in [0.1, 0.15) is 11.6 Å². The molecular formula is C20H20FN3O2. The molecule has 6 heteroatoms. The second kappa shape index (κ2) is 7.39. The number of aromatic nitrogens is 2. The van der Waals surface area contributed by atoms with Crippen LogP contribution in [-0.2, 0) is 7.05 Å². The van der Waals surface area contributed by atoms with E-state index < -0.39 is 0 Å². The second-order valence-electron chi connectivity index (χ2n) is 5.91. The first kappa shape index (κ1) is 17.7. The van der Waals surface area contributed by atoms with Gasteiger partial charge in [-0.05, 0) is 67.9 Å². The highest BCUT2D eigenvalue weighted by molar-refractivity contribution is 6.03. The van der Waals surface area contributed by atoms with Crippen LogP contribution in [0.3, 0.4) is 0 Å². The van der Waals surface area contributed by atoms with Gasteiger partial charge in [0.15, 0.2) is 5.69 Å². The van der Waals surface area contributed by atoms with Crippen LogP contribution < -0.4 is 10.1 Å². The minimum atomic E-state index is -0.310. The van der Waals surface area contributed by atoms with Gasteiger partial charge in [0, 0.05) is 18.3 Å². The predicted octanol–water partition coefficient (Wildman–Crippen LogP) is 4.19. The standard InChI is InChI=1S/C20H20FN3O2/c1-4-26-16-8-6-15(7-9-16)22-20(25)18-12-19(24(3)23-18)14-5-10-17(21)13(2)11-14/h5-12H,4H2,1-3H3,(H,22,25). The molecule has 0 aliphatic heterocycles. The molecule has 0 atom stereocenters. The summed E-state index contributed by atoms with van der Waals surface area (Å²) >= 11 is 0. The van der Waals surface area contributed by atoms with Gasteiger partial charge in [-0.15, -0.1) is 0 Å². The topological polar surface area (TPSA) is 56.1 Å². The van der Waals surface area contributed by atoms with Gasteiger partial charge in [-0.3, -0.25) is 9.48 Å². The van der Waals surface area contributed by atoms with E-state index in [1.54, 1.807) is 61.1 Å². The number of carbonyl (C=O) groups is 1. The number of ether oxygens (including phenoxy) is 1. The van der Waals surface area contributed by atoms with Crippen LogP contribution in [0.4, 0.5) is 10.1 Å². The van der Waals surface area contributed by atoms with Crippen LogP contribution in [0.1, 0.15) is 23.0 Å². The third-order valence-corrected chi connectivity index (χ3v) is 3.99. The van der Waals surface area contributed by atoms with Crippen molar-refractivity contribution in [2.75, 3.05) is 11.9 Å². The van der Waals surface area contributed by atoms with E-state index >= 15 is 0 Å². The molecule has 3 rings (SSSR count). The van der Waals surface area contributed by atoms with Crippen LogP contribution in [0.15, 0.2) is 48.5 Å². The first-order valence-electron chi connectivity index (χ1n) is 8.32. The van der Waals surface area contributed by atoms with Crippen molar-refractivity contribution < 1.29 is 13.9 Å². The Kier molecular flexibility index (Phi) is 5.02. The smallest absolute Gasteiger partial charge is 0.276 e. The van der Waals surface area contributed by atoms with Gasteiger partial charge < -0.3 is 10.1 Å². The Morgan fingerprint density at radius 2 is 1.92 bits per heavy atom. The summed E-state index contributed by atoms with van der Waals surface area (Å²) in [5.74, 6) is 0.177. The zero-order valence-electron chi connectivity index (χ0n) is 14.9. The molecular weight excluding hydrogens is 333 g/mol. The monoisotopic (exact) mass is 353 g/mol. The number of nitrogens with zero attached hydrogens (tertiary/aromatic N) is 2. The number of amides is 1. The van der Waals surface area contributed by atoms with Crippen LogP contribution in [0.25, 0.3) is 11.3 Å². The molecule has 0 bridgehead atoms. The maximum Gasteiger partial charge on any atom is 0.276 e. The normalized spacial score (nSPS) is 10.6. The van der Waals surface area contributed by atoms with E-state index in [1.165, 1.54) is 6.07 Å². The number of rotatable bonds is 5. The first-order chi connectivity index (χ1) is 12.5. The van der Waals surface area contributed by atoms with Gasteiger partial charge in [0.05, 0.1) is 12.3 Å². The van der Waals surface area contributed by atoms with E-state index in [1.807, 2.05) is 6.92 Å². The lowest BCUT2D eigenvalue weighted by atomic mass is 10.1. The Balaban J connectivity index is 1.79. The van der Waals surface area contributed by atoms with Gasteiger partial charge in [-0.2, -0.15) is 5.10 Å². The zero-order valence-corrected chi connectivity index (χ0v) is 14.9. The minimum Gasteiger partial charge on any atom is -0.494 e. The zero-order chi connectivity index (χ0) is 18.7. The van der Waals surface area contributed by atoms with E-state index in [0.29, 0.717) is 23.6 Å². The molecule has 1 amide bonds. The molecule has 3 aromatic rings. The molecule has 0 fully saturated rings. The van der Waals surface area contributed by atoms with Gasteiger partial charge >= 0.3 is 0 Å². The third-order valence-electron chi connectivity index (χ3n) is 3.99. The molecule has 0 saturated carbocycles. The molecule has 1 N–H and O–H groups in total. The highest BCUT2D eigenvalue weighted by atomic mass is 19.1. The summed E-state index contributed by atoms with van der Waals surface area (Å²) in [4.78, 5) is 12.5. The molecule has 26 heavy (non-hydrogen) atoms. The summed E-state index contributed by atoms with van der Waals surface area (Å²) in [5, 5.41) is 7.08. The number of halogens is 1. The highest BCUT2D eigenvalue weighted by Gasteiger charge is 2.15. The van der Waals surface area contributed by atoms with Crippen molar-refractivity contribution in [1.82, 2.24) is 9.78 Å². The number of anilines is 1. The van der Waals surface area contributed by atoms with Gasteiger partial charge in [0.25, 0.3) is 5.91 Å². The lowest BCUT2D eigenvalue weighted by Crippen LogP contribution is -2.12. The number of hydrogen-bond acceptors (Lipinski definition) is 3. The Morgan fingerprint density at radius 1 is 1.19 bits per heavy atom. The fraction of sp³-hybridized carbons (Fsp3) is 0.200. The van der Waals surface area contributed by atoms with Crippen LogP contribution in [0, 0.1) is 12.7 Å². The Morgan fingerprint density at radius 3 is 2.58 bits per heavy atom. The largest absolute Gasteiger partial charge is 0.494 e. The second-order valence-corrected chi connectivity index (χ2v) is 5.91. The Hall–Kier alpha value is -3.15. The van der Waals surface area contributed by atoms with Crippen molar-refractivity contribution >= 4 is 11.6 Å². The highest BCUT2D eigenvalue weighted by Crippen LogP contribution is 2.23. The van der Waals surface area contributed by atoms with Crippen molar-refractivity contribution in [3.05, 3.63) is 65.6 Å². The number of aryl methyl sites for hydroxylation is 2. The van der Waals surface area contributed by atoms with Crippen molar-refractivity contribution in [2.24, 2.45) is 7.05 Å². The molecule has 1 heterocycles. The van der Waals surface area contributed by atoms with Crippen molar-refractivity contribution in [3.8, 4) is 17.0 Å². The SMILES string of the molecule is CCOc1ccc(NC(=O)c2cc(-c3ccc(F)c(C)c3)n(C)n2)cc1. The molecule has 0 unspecified atom stereocenters. The number of benzene rings is 2. The lowest BCUT2D eigenvalue weighted by molar-refractivity contribution is 0.102. The molecule has 0 aliphatic carbocycles. The molecule has 0 spiro atoms. The van der Waals surface area contributed by atoms with E-state index in [2.05, 4.69) is 10.4 Å². The summed E-state index contributed by atoms with van der Waals surface area (Å²) in [7, 11) is 1.75. The molecule has 1 aromatic heterocycles. The molecule has 5 nitrogen and oxygen atoms in total. The van der Waals surface area contributed by atoms with E-state index in [0.717, 1.165) is 17.0 Å². The molecule has 0 radical (unpaired) electrons. The van der Waals surface area contributed by atoms with Crippen LogP contribution in [0.5, 0.6) is 5.75 Å². The van der Waals surface area contributed by atoms with Gasteiger partial charge in [0.2, 0.25) is 0 Å². The third kappa shape index (κ3) is 3.74. The molecule has 134 valence electrons. The number of nitrogens with one attached hydrogen (secondary N) is 1. The molecule has 0 saturated heterocycles. The van der Waals surface area contributed by atoms with E-state index in [4.69, 9.17) is 4.74 Å². The number of hydrogen-bond donors (Lipinski definition) is 1. The number of carbonyl (C=O) groups excluding carboxylic acids is 1. The summed E-state index contributed by atoms with van der Waals surface area (Å²) in [5.41, 5.74) is 3.04. The summed E-state index contributed by atoms with van der Waals surface area (Å²) in [6, 6.07) is 13.7. The summed E-state index contributed by atoms with van der Waals surface area (Å²) in [6.45, 7) is 4.21. The van der Waals surface area contributed by atoms with Gasteiger partial charge in [-0.1, -0.05) is 0 Å². The van der Waals surface area contributed by atoms with E-state index in [-0.39, 0.29) is 11.7 Å². The average molecular weight is 353 g/mol. The first-order valence-corrected chi connectivity index (χ1v) is 8.32. The predicted molar refractivity (Wildman–Crippen MR) is 98.9 cm³/mol. The fourth-order valence-corrected chi connectivity index (χ4v) is 2.65. The maximum absolute atomic E-state index is 13.5. The average Bonchev–Trinajstić information content (AvgIpc) is 3.01. The molecule has 2 aromatic carbocycles. The van der Waals surface area contributed by atoms with Gasteiger partial charge in [-0.25, -0.2) is 4.39 Å². The van der Waals surface area contributed by atoms with Crippen LogP contribution in [-0.4, -0.2) is 22.3 Å². The fourth-order valence-electron chi connectivity index (χ4n) is 2.65. The minimum absolute atomic E-state index is 0.260. The van der Waals surface area contributed by atoms with E-state index in [9.17, 15) is 9.18 Å². The summed E-state index contributed by atoms with van der Waals surface area (Å²) < 4.78 is 20.5. The molecule has 0 aliphatic rings. The van der Waals surface area contributed by atoms with Crippen molar-refractivity contribution in [2.45, 2.75) is 13.8 Å². The Bertz CT molecular complexity index is 933. The van der Waals surface area contributed by atoms with Crippen LogP contribution >= 0.6 is 0 Å². The van der Waals surface area contributed by atoms with Crippen molar-refractivity contribution in [1.29, 1.82) is 0 Å². The summed E-state index contributed by atoms with van der Waals surface area (Å²) in [6.07, 6.45) is 0. The lowest BCUT2D eigenvalue weighted by Gasteiger charge is -2.05. The Labute approximate surface area is 151 Å².